The number of carbonyl (C=O) groups is 2. The van der Waals surface area contributed by atoms with Gasteiger partial charge >= 0.3 is 0 Å². The molecule has 0 aliphatic carbocycles. The van der Waals surface area contributed by atoms with Gasteiger partial charge in [-0.1, -0.05) is 0 Å². The maximum Gasteiger partial charge on any atom is 0.241 e. The molecule has 7 nitrogen and oxygen atoms in total. The molecule has 2 saturated heterocycles. The maximum absolute atomic E-state index is 12.0. The number of ether oxygens (including phenoxy) is 1. The molecular weight excluding hydrogens is 344 g/mol. The Morgan fingerprint density at radius 3 is 2.36 bits per heavy atom. The Morgan fingerprint density at radius 1 is 1.12 bits per heavy atom. The number of hydrogen-bond acceptors (Lipinski definition) is 5. The van der Waals surface area contributed by atoms with Crippen LogP contribution >= 0.6 is 12.4 Å². The fourth-order valence-corrected chi connectivity index (χ4v) is 2.94. The molecule has 0 bridgehead atoms. The molecule has 1 aromatic rings. The van der Waals surface area contributed by atoms with Gasteiger partial charge in [0.1, 0.15) is 0 Å². The van der Waals surface area contributed by atoms with E-state index in [2.05, 4.69) is 20.9 Å². The van der Waals surface area contributed by atoms with Crippen molar-refractivity contribution in [2.75, 3.05) is 50.0 Å². The van der Waals surface area contributed by atoms with Gasteiger partial charge in [-0.25, -0.2) is 0 Å². The number of nitrogens with zero attached hydrogens (tertiary/aromatic N) is 1. The lowest BCUT2D eigenvalue weighted by Crippen LogP contribution is -2.41. The summed E-state index contributed by atoms with van der Waals surface area (Å²) in [5.74, 6) is -0.0413. The summed E-state index contributed by atoms with van der Waals surface area (Å²) in [7, 11) is 0. The van der Waals surface area contributed by atoms with Gasteiger partial charge in [0.2, 0.25) is 11.8 Å². The van der Waals surface area contributed by atoms with Crippen molar-refractivity contribution < 1.29 is 14.3 Å². The number of carbonyl (C=O) groups excluding carboxylic acids is 2. The largest absolute Gasteiger partial charge is 0.379 e. The van der Waals surface area contributed by atoms with Crippen molar-refractivity contribution in [1.82, 2.24) is 10.2 Å². The lowest BCUT2D eigenvalue weighted by molar-refractivity contribution is -0.118. The number of rotatable bonds is 5. The molecule has 8 heteroatoms. The number of benzene rings is 1. The Labute approximate surface area is 153 Å². The van der Waals surface area contributed by atoms with Crippen LogP contribution in [0.1, 0.15) is 12.8 Å². The first kappa shape index (κ1) is 19.7. The summed E-state index contributed by atoms with van der Waals surface area (Å²) in [4.78, 5) is 26.2. The Morgan fingerprint density at radius 2 is 1.76 bits per heavy atom. The topological polar surface area (TPSA) is 82.7 Å². The van der Waals surface area contributed by atoms with Crippen molar-refractivity contribution in [1.29, 1.82) is 0 Å². The van der Waals surface area contributed by atoms with Gasteiger partial charge in [-0.15, -0.1) is 12.4 Å². The molecule has 1 aromatic carbocycles. The summed E-state index contributed by atoms with van der Waals surface area (Å²) in [5.41, 5.74) is 1.46. The monoisotopic (exact) mass is 368 g/mol. The highest BCUT2D eigenvalue weighted by Crippen LogP contribution is 2.15. The lowest BCUT2D eigenvalue weighted by Gasteiger charge is -2.25. The zero-order valence-corrected chi connectivity index (χ0v) is 14.9. The molecule has 3 rings (SSSR count). The van der Waals surface area contributed by atoms with Gasteiger partial charge < -0.3 is 20.7 Å². The average Bonchev–Trinajstić information content (AvgIpc) is 3.12. The normalized spacial score (nSPS) is 20.6. The smallest absolute Gasteiger partial charge is 0.241 e. The fraction of sp³-hybridized carbons (Fsp3) is 0.529. The second kappa shape index (κ2) is 9.72. The van der Waals surface area contributed by atoms with Crippen LogP contribution in [-0.2, 0) is 14.3 Å². The van der Waals surface area contributed by atoms with E-state index in [1.54, 1.807) is 24.3 Å². The van der Waals surface area contributed by atoms with E-state index >= 15 is 0 Å². The Kier molecular flexibility index (Phi) is 7.64. The number of anilines is 2. The van der Waals surface area contributed by atoms with Crippen LogP contribution in [0.5, 0.6) is 0 Å². The molecule has 2 fully saturated rings. The first-order valence-electron chi connectivity index (χ1n) is 8.45. The van der Waals surface area contributed by atoms with Crippen molar-refractivity contribution in [2.45, 2.75) is 18.9 Å². The van der Waals surface area contributed by atoms with E-state index in [0.29, 0.717) is 19.8 Å². The molecule has 0 saturated carbocycles. The summed E-state index contributed by atoms with van der Waals surface area (Å²) in [6.45, 7) is 4.19. The fourth-order valence-electron chi connectivity index (χ4n) is 2.94. The molecule has 1 unspecified atom stereocenters. The van der Waals surface area contributed by atoms with E-state index in [-0.39, 0.29) is 30.3 Å². The number of hydrogen-bond donors (Lipinski definition) is 3. The van der Waals surface area contributed by atoms with E-state index in [1.165, 1.54) is 0 Å². The number of halogens is 1. The van der Waals surface area contributed by atoms with E-state index in [1.807, 2.05) is 0 Å². The Balaban J connectivity index is 0.00000225. The van der Waals surface area contributed by atoms with Gasteiger partial charge in [0, 0.05) is 24.5 Å². The molecule has 0 radical (unpaired) electrons. The van der Waals surface area contributed by atoms with E-state index in [4.69, 9.17) is 4.74 Å². The van der Waals surface area contributed by atoms with Crippen molar-refractivity contribution in [3.8, 4) is 0 Å². The summed E-state index contributed by atoms with van der Waals surface area (Å²) >= 11 is 0. The predicted octanol–water partition coefficient (Wildman–Crippen LogP) is 1.07. The second-order valence-electron chi connectivity index (χ2n) is 6.15. The van der Waals surface area contributed by atoms with Gasteiger partial charge in [-0.3, -0.25) is 14.5 Å². The zero-order chi connectivity index (χ0) is 16.8. The predicted molar refractivity (Wildman–Crippen MR) is 99.2 cm³/mol. The summed E-state index contributed by atoms with van der Waals surface area (Å²) < 4.78 is 5.27. The molecule has 138 valence electrons. The molecule has 3 N–H and O–H groups in total. The highest BCUT2D eigenvalue weighted by Gasteiger charge is 2.21. The van der Waals surface area contributed by atoms with Crippen LogP contribution in [0.2, 0.25) is 0 Å². The van der Waals surface area contributed by atoms with Gasteiger partial charge in [-0.05, 0) is 43.7 Å². The molecule has 2 heterocycles. The zero-order valence-electron chi connectivity index (χ0n) is 14.1. The maximum atomic E-state index is 12.0. The number of amides is 2. The Hall–Kier alpha value is -1.67. The average molecular weight is 369 g/mol. The minimum atomic E-state index is -0.0992. The molecule has 2 aliphatic heterocycles. The van der Waals surface area contributed by atoms with E-state index < -0.39 is 0 Å². The van der Waals surface area contributed by atoms with Crippen LogP contribution in [0.15, 0.2) is 24.3 Å². The summed E-state index contributed by atoms with van der Waals surface area (Å²) in [5, 5.41) is 8.94. The molecular formula is C17H25ClN4O3. The lowest BCUT2D eigenvalue weighted by atomic mass is 10.2. The van der Waals surface area contributed by atoms with Crippen LogP contribution in [0.3, 0.4) is 0 Å². The summed E-state index contributed by atoms with van der Waals surface area (Å²) in [6.07, 6.45) is 1.91. The quantitative estimate of drug-likeness (QED) is 0.724. The molecule has 2 amide bonds. The standard InChI is InChI=1S/C17H24N4O3.ClH/c22-16(12-21-8-10-24-11-9-21)19-13-3-5-14(6-4-13)20-17(23)15-2-1-7-18-15;/h3-6,15,18H,1-2,7-12H2,(H,19,22)(H,20,23);1H. The third-order valence-corrected chi connectivity index (χ3v) is 4.28. The van der Waals surface area contributed by atoms with Crippen LogP contribution < -0.4 is 16.0 Å². The third-order valence-electron chi connectivity index (χ3n) is 4.28. The third kappa shape index (κ3) is 5.97. The number of nitrogens with one attached hydrogen (secondary N) is 3. The van der Waals surface area contributed by atoms with Gasteiger partial charge in [0.25, 0.3) is 0 Å². The van der Waals surface area contributed by atoms with Crippen LogP contribution in [0.25, 0.3) is 0 Å². The van der Waals surface area contributed by atoms with Gasteiger partial charge in [0.05, 0.1) is 25.8 Å². The molecule has 1 atom stereocenters. The molecule has 0 aromatic heterocycles. The molecule has 25 heavy (non-hydrogen) atoms. The second-order valence-corrected chi connectivity index (χ2v) is 6.15. The van der Waals surface area contributed by atoms with E-state index in [0.717, 1.165) is 43.9 Å². The van der Waals surface area contributed by atoms with E-state index in [9.17, 15) is 9.59 Å². The molecule has 2 aliphatic rings. The van der Waals surface area contributed by atoms with Gasteiger partial charge in [0.15, 0.2) is 0 Å². The van der Waals surface area contributed by atoms with Crippen molar-refractivity contribution in [2.24, 2.45) is 0 Å². The van der Waals surface area contributed by atoms with Crippen LogP contribution in [0.4, 0.5) is 11.4 Å². The first-order chi connectivity index (χ1) is 11.7. The first-order valence-corrected chi connectivity index (χ1v) is 8.45. The van der Waals surface area contributed by atoms with Crippen molar-refractivity contribution in [3.05, 3.63) is 24.3 Å². The highest BCUT2D eigenvalue weighted by atomic mass is 35.5. The van der Waals surface area contributed by atoms with Crippen molar-refractivity contribution in [3.63, 3.8) is 0 Å². The molecule has 0 spiro atoms. The SMILES string of the molecule is Cl.O=C(CN1CCOCC1)Nc1ccc(NC(=O)C2CCCN2)cc1. The van der Waals surface area contributed by atoms with Crippen LogP contribution in [0, 0.1) is 0 Å². The Bertz CT molecular complexity index is 570. The number of morpholine rings is 1. The minimum absolute atomic E-state index is 0. The van der Waals surface area contributed by atoms with Gasteiger partial charge in [-0.2, -0.15) is 0 Å². The highest BCUT2D eigenvalue weighted by molar-refractivity contribution is 5.96. The van der Waals surface area contributed by atoms with Crippen LogP contribution in [-0.4, -0.2) is 62.1 Å². The van der Waals surface area contributed by atoms with Crippen molar-refractivity contribution >= 4 is 35.6 Å². The summed E-state index contributed by atoms with van der Waals surface area (Å²) in [6, 6.07) is 7.11. The minimum Gasteiger partial charge on any atom is -0.379 e.